The zero-order chi connectivity index (χ0) is 19.4. The smallest absolute Gasteiger partial charge is 0.387 e. The Kier molecular flexibility index (Phi) is 5.66. The predicted molar refractivity (Wildman–Crippen MR) is 93.8 cm³/mol. The SMILES string of the molecule is O=C(Nc1nn(Cc2cccc(F)c2)cc1Cl)c1cccc(OC(F)F)c1. The second-order valence-electron chi connectivity index (χ2n) is 5.51. The highest BCUT2D eigenvalue weighted by molar-refractivity contribution is 6.33. The van der Waals surface area contributed by atoms with Gasteiger partial charge in [0.05, 0.1) is 6.54 Å². The lowest BCUT2D eigenvalue weighted by Gasteiger charge is -2.07. The van der Waals surface area contributed by atoms with Gasteiger partial charge in [-0.3, -0.25) is 9.48 Å². The molecule has 0 spiro atoms. The largest absolute Gasteiger partial charge is 0.435 e. The summed E-state index contributed by atoms with van der Waals surface area (Å²) in [4.78, 5) is 12.3. The number of aromatic nitrogens is 2. The van der Waals surface area contributed by atoms with E-state index in [0.717, 1.165) is 0 Å². The van der Waals surface area contributed by atoms with Gasteiger partial charge in [0.2, 0.25) is 0 Å². The third-order valence-corrected chi connectivity index (χ3v) is 3.78. The molecule has 3 aromatic rings. The molecule has 0 bridgehead atoms. The molecule has 0 unspecified atom stereocenters. The molecule has 0 aliphatic carbocycles. The van der Waals surface area contributed by atoms with Crippen LogP contribution in [0.3, 0.4) is 0 Å². The first-order chi connectivity index (χ1) is 12.9. The van der Waals surface area contributed by atoms with E-state index in [1.54, 1.807) is 12.1 Å². The van der Waals surface area contributed by atoms with Gasteiger partial charge in [0.15, 0.2) is 5.82 Å². The number of anilines is 1. The van der Waals surface area contributed by atoms with Gasteiger partial charge in [-0.25, -0.2) is 4.39 Å². The van der Waals surface area contributed by atoms with Crippen LogP contribution in [0.2, 0.25) is 5.02 Å². The van der Waals surface area contributed by atoms with Gasteiger partial charge in [-0.15, -0.1) is 0 Å². The number of hydrogen-bond donors (Lipinski definition) is 1. The van der Waals surface area contributed by atoms with Crippen molar-refractivity contribution in [1.29, 1.82) is 0 Å². The predicted octanol–water partition coefficient (Wildman–Crippen LogP) is 4.58. The van der Waals surface area contributed by atoms with Crippen LogP contribution in [-0.2, 0) is 6.54 Å². The van der Waals surface area contributed by atoms with E-state index in [-0.39, 0.29) is 34.5 Å². The monoisotopic (exact) mass is 395 g/mol. The average molecular weight is 396 g/mol. The van der Waals surface area contributed by atoms with E-state index in [2.05, 4.69) is 15.2 Å². The van der Waals surface area contributed by atoms with E-state index >= 15 is 0 Å². The highest BCUT2D eigenvalue weighted by Crippen LogP contribution is 2.22. The number of hydrogen-bond acceptors (Lipinski definition) is 3. The van der Waals surface area contributed by atoms with Crippen LogP contribution >= 0.6 is 11.6 Å². The number of benzene rings is 2. The molecule has 0 radical (unpaired) electrons. The quantitative estimate of drug-likeness (QED) is 0.664. The first-order valence-electron chi connectivity index (χ1n) is 7.74. The summed E-state index contributed by atoms with van der Waals surface area (Å²) in [7, 11) is 0. The maximum Gasteiger partial charge on any atom is 0.387 e. The molecule has 140 valence electrons. The van der Waals surface area contributed by atoms with Crippen molar-refractivity contribution in [3.63, 3.8) is 0 Å². The fourth-order valence-corrected chi connectivity index (χ4v) is 2.58. The Morgan fingerprint density at radius 2 is 2.00 bits per heavy atom. The number of halogens is 4. The minimum Gasteiger partial charge on any atom is -0.435 e. The Morgan fingerprint density at radius 1 is 1.22 bits per heavy atom. The number of nitrogens with zero attached hydrogens (tertiary/aromatic N) is 2. The molecule has 2 aromatic carbocycles. The molecule has 3 rings (SSSR count). The third-order valence-electron chi connectivity index (χ3n) is 3.50. The number of rotatable bonds is 6. The minimum atomic E-state index is -2.99. The maximum absolute atomic E-state index is 13.3. The fraction of sp³-hybridized carbons (Fsp3) is 0.111. The summed E-state index contributed by atoms with van der Waals surface area (Å²) < 4.78 is 43.5. The van der Waals surface area contributed by atoms with Crippen LogP contribution in [0, 0.1) is 5.82 Å². The van der Waals surface area contributed by atoms with Crippen LogP contribution in [0.15, 0.2) is 54.7 Å². The Balaban J connectivity index is 1.72. The Labute approximate surface area is 157 Å². The zero-order valence-corrected chi connectivity index (χ0v) is 14.5. The normalized spacial score (nSPS) is 10.9. The van der Waals surface area contributed by atoms with Gasteiger partial charge >= 0.3 is 6.61 Å². The van der Waals surface area contributed by atoms with Crippen LogP contribution in [0.5, 0.6) is 5.75 Å². The molecule has 5 nitrogen and oxygen atoms in total. The zero-order valence-electron chi connectivity index (χ0n) is 13.7. The first-order valence-corrected chi connectivity index (χ1v) is 8.12. The number of ether oxygens (including phenoxy) is 1. The molecular weight excluding hydrogens is 383 g/mol. The molecule has 0 aliphatic rings. The molecule has 1 heterocycles. The summed E-state index contributed by atoms with van der Waals surface area (Å²) in [5, 5.41) is 6.84. The lowest BCUT2D eigenvalue weighted by atomic mass is 10.2. The Hall–Kier alpha value is -3.00. The summed E-state index contributed by atoms with van der Waals surface area (Å²) >= 11 is 6.08. The molecule has 9 heteroatoms. The molecular formula is C18H13ClF3N3O2. The summed E-state index contributed by atoms with van der Waals surface area (Å²) in [6.07, 6.45) is 1.48. The van der Waals surface area contributed by atoms with Crippen molar-refractivity contribution in [3.8, 4) is 5.75 Å². The number of alkyl halides is 2. The Morgan fingerprint density at radius 3 is 2.74 bits per heavy atom. The van der Waals surface area contributed by atoms with Crippen molar-refractivity contribution < 1.29 is 22.7 Å². The summed E-state index contributed by atoms with van der Waals surface area (Å²) in [5.41, 5.74) is 0.771. The topological polar surface area (TPSA) is 56.2 Å². The van der Waals surface area contributed by atoms with Crippen LogP contribution in [-0.4, -0.2) is 22.3 Å². The summed E-state index contributed by atoms with van der Waals surface area (Å²) in [6.45, 7) is -2.73. The van der Waals surface area contributed by atoms with E-state index in [1.807, 2.05) is 0 Å². The minimum absolute atomic E-state index is 0.0956. The van der Waals surface area contributed by atoms with Gasteiger partial charge < -0.3 is 10.1 Å². The number of carbonyl (C=O) groups is 1. The van der Waals surface area contributed by atoms with Gasteiger partial charge in [0.1, 0.15) is 16.6 Å². The number of nitrogens with one attached hydrogen (secondary N) is 1. The van der Waals surface area contributed by atoms with Gasteiger partial charge in [-0.1, -0.05) is 29.8 Å². The van der Waals surface area contributed by atoms with Crippen LogP contribution in [0.25, 0.3) is 0 Å². The van der Waals surface area contributed by atoms with Crippen LogP contribution in [0.4, 0.5) is 19.0 Å². The average Bonchev–Trinajstić information content (AvgIpc) is 2.93. The highest BCUT2D eigenvalue weighted by Gasteiger charge is 2.14. The van der Waals surface area contributed by atoms with Crippen molar-refractivity contribution in [2.45, 2.75) is 13.2 Å². The summed E-state index contributed by atoms with van der Waals surface area (Å²) in [5.74, 6) is -1.00. The second-order valence-corrected chi connectivity index (χ2v) is 5.92. The third kappa shape index (κ3) is 5.01. The van der Waals surface area contributed by atoms with Crippen molar-refractivity contribution in [2.75, 3.05) is 5.32 Å². The van der Waals surface area contributed by atoms with E-state index in [1.165, 1.54) is 47.3 Å². The van der Waals surface area contributed by atoms with E-state index in [0.29, 0.717) is 5.56 Å². The molecule has 0 saturated heterocycles. The van der Waals surface area contributed by atoms with E-state index in [4.69, 9.17) is 11.6 Å². The Bertz CT molecular complexity index is 963. The number of amides is 1. The first kappa shape index (κ1) is 18.8. The molecule has 0 atom stereocenters. The molecule has 0 fully saturated rings. The van der Waals surface area contributed by atoms with Crippen LogP contribution < -0.4 is 10.1 Å². The molecule has 1 amide bonds. The maximum atomic E-state index is 13.3. The molecule has 0 aliphatic heterocycles. The van der Waals surface area contributed by atoms with E-state index < -0.39 is 12.5 Å². The molecule has 0 saturated carbocycles. The molecule has 27 heavy (non-hydrogen) atoms. The lowest BCUT2D eigenvalue weighted by molar-refractivity contribution is -0.0498. The van der Waals surface area contributed by atoms with Crippen molar-refractivity contribution in [2.24, 2.45) is 0 Å². The second kappa shape index (κ2) is 8.13. The van der Waals surface area contributed by atoms with Crippen molar-refractivity contribution >= 4 is 23.3 Å². The van der Waals surface area contributed by atoms with E-state index in [9.17, 15) is 18.0 Å². The highest BCUT2D eigenvalue weighted by atomic mass is 35.5. The van der Waals surface area contributed by atoms with Gasteiger partial charge in [0, 0.05) is 11.8 Å². The summed E-state index contributed by atoms with van der Waals surface area (Å²) in [6, 6.07) is 11.3. The van der Waals surface area contributed by atoms with Crippen molar-refractivity contribution in [3.05, 3.63) is 76.7 Å². The molecule has 1 N–H and O–H groups in total. The van der Waals surface area contributed by atoms with Gasteiger partial charge in [-0.05, 0) is 35.9 Å². The van der Waals surface area contributed by atoms with Gasteiger partial charge in [-0.2, -0.15) is 13.9 Å². The van der Waals surface area contributed by atoms with Crippen molar-refractivity contribution in [1.82, 2.24) is 9.78 Å². The van der Waals surface area contributed by atoms with Gasteiger partial charge in [0.25, 0.3) is 5.91 Å². The standard InChI is InChI=1S/C18H13ClF3N3O2/c19-15-10-25(9-11-3-1-5-13(20)7-11)24-16(15)23-17(26)12-4-2-6-14(8-12)27-18(21)22/h1-8,10,18H,9H2,(H,23,24,26). The van der Waals surface area contributed by atoms with Crippen LogP contribution in [0.1, 0.15) is 15.9 Å². The lowest BCUT2D eigenvalue weighted by Crippen LogP contribution is -2.13. The molecule has 1 aromatic heterocycles. The fourth-order valence-electron chi connectivity index (χ4n) is 2.38. The number of carbonyl (C=O) groups excluding carboxylic acids is 1.